The lowest BCUT2D eigenvalue weighted by Gasteiger charge is -2.03. The molecule has 0 amide bonds. The molecular formula is C15H14FN3O. The van der Waals surface area contributed by atoms with Gasteiger partial charge in [0.1, 0.15) is 11.6 Å². The lowest BCUT2D eigenvalue weighted by atomic mass is 10.1. The highest BCUT2D eigenvalue weighted by Crippen LogP contribution is 2.22. The number of aromatic amines is 1. The van der Waals surface area contributed by atoms with Crippen molar-refractivity contribution in [3.63, 3.8) is 0 Å². The van der Waals surface area contributed by atoms with Crippen molar-refractivity contribution in [3.8, 4) is 11.8 Å². The smallest absolute Gasteiger partial charge is 0.300 e. The molecule has 3 rings (SSSR count). The van der Waals surface area contributed by atoms with Crippen LogP contribution in [0.1, 0.15) is 5.56 Å². The van der Waals surface area contributed by atoms with Gasteiger partial charge in [0, 0.05) is 0 Å². The van der Waals surface area contributed by atoms with Crippen LogP contribution in [-0.2, 0) is 6.42 Å². The van der Waals surface area contributed by atoms with Gasteiger partial charge in [0.15, 0.2) is 0 Å². The summed E-state index contributed by atoms with van der Waals surface area (Å²) in [5.41, 5.74) is 7.94. The third-order valence-corrected chi connectivity index (χ3v) is 2.99. The molecule has 20 heavy (non-hydrogen) atoms. The molecule has 0 aliphatic rings. The van der Waals surface area contributed by atoms with Gasteiger partial charge in [-0.05, 0) is 48.9 Å². The second-order valence-electron chi connectivity index (χ2n) is 4.49. The number of halogens is 1. The minimum atomic E-state index is -0.307. The summed E-state index contributed by atoms with van der Waals surface area (Å²) in [6, 6.07) is 12.4. The van der Waals surface area contributed by atoms with Gasteiger partial charge in [0.05, 0.1) is 11.0 Å². The second-order valence-corrected chi connectivity index (χ2v) is 4.49. The molecule has 0 spiro atoms. The standard InChI is InChI=1S/C15H14FN3O/c16-11-3-6-13-14(9-11)19-15(18-13)20-12-4-1-10(2-5-12)7-8-17/h1-6,9H,7-8,17H2,(H,18,19). The highest BCUT2D eigenvalue weighted by Gasteiger charge is 2.05. The first-order valence-electron chi connectivity index (χ1n) is 6.37. The number of H-pyrrole nitrogens is 1. The van der Waals surface area contributed by atoms with Crippen molar-refractivity contribution in [3.05, 3.63) is 53.8 Å². The summed E-state index contributed by atoms with van der Waals surface area (Å²) in [7, 11) is 0. The predicted molar refractivity (Wildman–Crippen MR) is 75.3 cm³/mol. The molecule has 1 heterocycles. The van der Waals surface area contributed by atoms with Crippen LogP contribution in [0.2, 0.25) is 0 Å². The Balaban J connectivity index is 1.81. The van der Waals surface area contributed by atoms with E-state index in [1.165, 1.54) is 12.1 Å². The number of imidazole rings is 1. The van der Waals surface area contributed by atoms with Crippen LogP contribution in [0.25, 0.3) is 11.0 Å². The molecule has 2 aromatic carbocycles. The van der Waals surface area contributed by atoms with Crippen molar-refractivity contribution >= 4 is 11.0 Å². The number of hydrogen-bond donors (Lipinski definition) is 2. The minimum absolute atomic E-state index is 0.307. The summed E-state index contributed by atoms with van der Waals surface area (Å²) in [5.74, 6) is 0.365. The third-order valence-electron chi connectivity index (χ3n) is 2.99. The van der Waals surface area contributed by atoms with Crippen molar-refractivity contribution in [1.82, 2.24) is 9.97 Å². The quantitative estimate of drug-likeness (QED) is 0.766. The predicted octanol–water partition coefficient (Wildman–Crippen LogP) is 3.00. The Labute approximate surface area is 115 Å². The van der Waals surface area contributed by atoms with Gasteiger partial charge in [-0.25, -0.2) is 4.39 Å². The van der Waals surface area contributed by atoms with Crippen LogP contribution in [0.3, 0.4) is 0 Å². The van der Waals surface area contributed by atoms with Gasteiger partial charge in [-0.3, -0.25) is 0 Å². The number of fused-ring (bicyclic) bond motifs is 1. The molecule has 0 aliphatic heterocycles. The van der Waals surface area contributed by atoms with Crippen LogP contribution in [0.5, 0.6) is 11.8 Å². The van der Waals surface area contributed by atoms with E-state index >= 15 is 0 Å². The highest BCUT2D eigenvalue weighted by atomic mass is 19.1. The number of nitrogens with two attached hydrogens (primary N) is 1. The van der Waals surface area contributed by atoms with E-state index in [-0.39, 0.29) is 5.82 Å². The zero-order valence-electron chi connectivity index (χ0n) is 10.8. The van der Waals surface area contributed by atoms with Crippen molar-refractivity contribution < 1.29 is 9.13 Å². The Morgan fingerprint density at radius 1 is 1.15 bits per heavy atom. The Morgan fingerprint density at radius 3 is 2.70 bits per heavy atom. The van der Waals surface area contributed by atoms with Gasteiger partial charge in [-0.2, -0.15) is 4.98 Å². The fraction of sp³-hybridized carbons (Fsp3) is 0.133. The molecule has 0 radical (unpaired) electrons. The number of ether oxygens (including phenoxy) is 1. The van der Waals surface area contributed by atoms with Crippen LogP contribution in [-0.4, -0.2) is 16.5 Å². The van der Waals surface area contributed by atoms with E-state index in [2.05, 4.69) is 9.97 Å². The van der Waals surface area contributed by atoms with Gasteiger partial charge in [0.2, 0.25) is 0 Å². The van der Waals surface area contributed by atoms with E-state index in [4.69, 9.17) is 10.5 Å². The Hall–Kier alpha value is -2.40. The summed E-state index contributed by atoms with van der Waals surface area (Å²) in [6.07, 6.45) is 0.837. The van der Waals surface area contributed by atoms with Crippen molar-refractivity contribution in [1.29, 1.82) is 0 Å². The summed E-state index contributed by atoms with van der Waals surface area (Å²) in [5, 5.41) is 0. The second kappa shape index (κ2) is 5.30. The maximum Gasteiger partial charge on any atom is 0.300 e. The molecule has 1 aromatic heterocycles. The lowest BCUT2D eigenvalue weighted by Crippen LogP contribution is -2.02. The Bertz CT molecular complexity index is 722. The molecule has 0 aliphatic carbocycles. The van der Waals surface area contributed by atoms with Gasteiger partial charge in [-0.15, -0.1) is 0 Å². The molecule has 0 fully saturated rings. The van der Waals surface area contributed by atoms with Crippen molar-refractivity contribution in [2.45, 2.75) is 6.42 Å². The minimum Gasteiger partial charge on any atom is -0.426 e. The van der Waals surface area contributed by atoms with Gasteiger partial charge >= 0.3 is 0 Å². The first-order chi connectivity index (χ1) is 9.74. The molecule has 5 heteroatoms. The average molecular weight is 271 g/mol. The SMILES string of the molecule is NCCc1ccc(Oc2nc3ccc(F)cc3[nH]2)cc1. The normalized spacial score (nSPS) is 10.9. The number of nitrogens with zero attached hydrogens (tertiary/aromatic N) is 1. The molecule has 102 valence electrons. The number of hydrogen-bond acceptors (Lipinski definition) is 3. The molecule has 0 saturated heterocycles. The van der Waals surface area contributed by atoms with Crippen LogP contribution < -0.4 is 10.5 Å². The Morgan fingerprint density at radius 2 is 1.95 bits per heavy atom. The first-order valence-corrected chi connectivity index (χ1v) is 6.37. The number of benzene rings is 2. The fourth-order valence-electron chi connectivity index (χ4n) is 2.01. The molecule has 0 bridgehead atoms. The molecular weight excluding hydrogens is 257 g/mol. The maximum absolute atomic E-state index is 13.1. The zero-order chi connectivity index (χ0) is 13.9. The first kappa shape index (κ1) is 12.6. The molecule has 3 N–H and O–H groups in total. The van der Waals surface area contributed by atoms with E-state index in [0.717, 1.165) is 12.0 Å². The number of rotatable bonds is 4. The Kier molecular flexibility index (Phi) is 3.35. The fourth-order valence-corrected chi connectivity index (χ4v) is 2.01. The number of aromatic nitrogens is 2. The van der Waals surface area contributed by atoms with Crippen LogP contribution in [0.15, 0.2) is 42.5 Å². The molecule has 4 nitrogen and oxygen atoms in total. The zero-order valence-corrected chi connectivity index (χ0v) is 10.8. The maximum atomic E-state index is 13.1. The topological polar surface area (TPSA) is 63.9 Å². The average Bonchev–Trinajstić information content (AvgIpc) is 2.82. The summed E-state index contributed by atoms with van der Waals surface area (Å²) >= 11 is 0. The van der Waals surface area contributed by atoms with E-state index < -0.39 is 0 Å². The summed E-state index contributed by atoms with van der Waals surface area (Å²) in [4.78, 5) is 7.17. The van der Waals surface area contributed by atoms with Gasteiger partial charge in [-0.1, -0.05) is 12.1 Å². The van der Waals surface area contributed by atoms with E-state index in [9.17, 15) is 4.39 Å². The van der Waals surface area contributed by atoms with E-state index in [0.29, 0.717) is 29.3 Å². The van der Waals surface area contributed by atoms with Gasteiger partial charge in [0.25, 0.3) is 6.01 Å². The monoisotopic (exact) mass is 271 g/mol. The molecule has 3 aromatic rings. The summed E-state index contributed by atoms with van der Waals surface area (Å²) in [6.45, 7) is 0.620. The molecule has 0 saturated carbocycles. The summed E-state index contributed by atoms with van der Waals surface area (Å²) < 4.78 is 18.7. The van der Waals surface area contributed by atoms with Gasteiger partial charge < -0.3 is 15.5 Å². The highest BCUT2D eigenvalue weighted by molar-refractivity contribution is 5.75. The lowest BCUT2D eigenvalue weighted by molar-refractivity contribution is 0.449. The van der Waals surface area contributed by atoms with Crippen LogP contribution >= 0.6 is 0 Å². The van der Waals surface area contributed by atoms with E-state index in [1.54, 1.807) is 6.07 Å². The number of nitrogens with one attached hydrogen (secondary N) is 1. The largest absolute Gasteiger partial charge is 0.426 e. The van der Waals surface area contributed by atoms with E-state index in [1.807, 2.05) is 24.3 Å². The third kappa shape index (κ3) is 2.62. The van der Waals surface area contributed by atoms with Crippen LogP contribution in [0.4, 0.5) is 4.39 Å². The van der Waals surface area contributed by atoms with Crippen LogP contribution in [0, 0.1) is 5.82 Å². The molecule has 0 unspecified atom stereocenters. The molecule has 0 atom stereocenters. The van der Waals surface area contributed by atoms with Crippen molar-refractivity contribution in [2.75, 3.05) is 6.54 Å². The van der Waals surface area contributed by atoms with Crippen molar-refractivity contribution in [2.24, 2.45) is 5.73 Å².